The molecule has 0 bridgehead atoms. The van der Waals surface area contributed by atoms with Crippen LogP contribution < -0.4 is 5.32 Å². The highest BCUT2D eigenvalue weighted by Crippen LogP contribution is 2.32. The highest BCUT2D eigenvalue weighted by Gasteiger charge is 2.32. The van der Waals surface area contributed by atoms with Gasteiger partial charge in [-0.2, -0.15) is 0 Å². The molecule has 3 rings (SSSR count). The Labute approximate surface area is 114 Å². The summed E-state index contributed by atoms with van der Waals surface area (Å²) in [6.07, 6.45) is 5.65. The average Bonchev–Trinajstić information content (AvgIpc) is 2.99. The minimum absolute atomic E-state index is 0.0904. The van der Waals surface area contributed by atoms with Gasteiger partial charge in [0.1, 0.15) is 0 Å². The van der Waals surface area contributed by atoms with Crippen LogP contribution in [0, 0.1) is 5.92 Å². The SMILES string of the molecule is O=C(CC1CCCC1)NC1c2ccccc2CC1O. The first kappa shape index (κ1) is 12.7. The average molecular weight is 259 g/mol. The van der Waals surface area contributed by atoms with E-state index in [1.54, 1.807) is 0 Å². The molecular formula is C16H21NO2. The fourth-order valence-corrected chi connectivity index (χ4v) is 3.46. The van der Waals surface area contributed by atoms with E-state index in [1.807, 2.05) is 24.3 Å². The van der Waals surface area contributed by atoms with Gasteiger partial charge in [-0.3, -0.25) is 4.79 Å². The molecule has 1 amide bonds. The maximum absolute atomic E-state index is 12.1. The number of rotatable bonds is 3. The second-order valence-corrected chi connectivity index (χ2v) is 5.87. The Balaban J connectivity index is 1.64. The summed E-state index contributed by atoms with van der Waals surface area (Å²) < 4.78 is 0. The Bertz CT molecular complexity index is 466. The normalized spacial score (nSPS) is 26.4. The van der Waals surface area contributed by atoms with Crippen molar-refractivity contribution in [3.63, 3.8) is 0 Å². The van der Waals surface area contributed by atoms with E-state index in [2.05, 4.69) is 5.32 Å². The van der Waals surface area contributed by atoms with Crippen molar-refractivity contribution in [1.29, 1.82) is 0 Å². The minimum Gasteiger partial charge on any atom is -0.390 e. The van der Waals surface area contributed by atoms with Gasteiger partial charge in [0.05, 0.1) is 12.1 Å². The molecule has 0 spiro atoms. The lowest BCUT2D eigenvalue weighted by Gasteiger charge is -2.19. The van der Waals surface area contributed by atoms with Crippen LogP contribution in [0.25, 0.3) is 0 Å². The third-order valence-electron chi connectivity index (χ3n) is 4.47. The first-order chi connectivity index (χ1) is 9.24. The molecule has 19 heavy (non-hydrogen) atoms. The molecule has 1 aromatic carbocycles. The van der Waals surface area contributed by atoms with E-state index in [-0.39, 0.29) is 11.9 Å². The molecule has 0 heterocycles. The van der Waals surface area contributed by atoms with Crippen LogP contribution in [0.3, 0.4) is 0 Å². The summed E-state index contributed by atoms with van der Waals surface area (Å²) in [5, 5.41) is 13.1. The summed E-state index contributed by atoms with van der Waals surface area (Å²) in [6.45, 7) is 0. The van der Waals surface area contributed by atoms with Crippen LogP contribution in [0.2, 0.25) is 0 Å². The Kier molecular flexibility index (Phi) is 3.56. The zero-order chi connectivity index (χ0) is 13.2. The summed E-state index contributed by atoms with van der Waals surface area (Å²) in [7, 11) is 0. The van der Waals surface area contributed by atoms with Gasteiger partial charge in [-0.05, 0) is 29.9 Å². The van der Waals surface area contributed by atoms with E-state index in [0.29, 0.717) is 18.8 Å². The smallest absolute Gasteiger partial charge is 0.220 e. The van der Waals surface area contributed by atoms with E-state index in [1.165, 1.54) is 25.7 Å². The summed E-state index contributed by atoms with van der Waals surface area (Å²) >= 11 is 0. The molecule has 3 heteroatoms. The Morgan fingerprint density at radius 2 is 2.00 bits per heavy atom. The molecule has 2 unspecified atom stereocenters. The monoisotopic (exact) mass is 259 g/mol. The number of aliphatic hydroxyl groups excluding tert-OH is 1. The van der Waals surface area contributed by atoms with Crippen molar-refractivity contribution in [2.75, 3.05) is 0 Å². The molecule has 2 aliphatic carbocycles. The van der Waals surface area contributed by atoms with Gasteiger partial charge < -0.3 is 10.4 Å². The predicted molar refractivity (Wildman–Crippen MR) is 73.6 cm³/mol. The predicted octanol–water partition coefficient (Wildman–Crippen LogP) is 2.34. The van der Waals surface area contributed by atoms with Crippen LogP contribution in [0.4, 0.5) is 0 Å². The van der Waals surface area contributed by atoms with Gasteiger partial charge in [0.2, 0.25) is 5.91 Å². The number of hydrogen-bond acceptors (Lipinski definition) is 2. The van der Waals surface area contributed by atoms with Gasteiger partial charge in [-0.15, -0.1) is 0 Å². The third kappa shape index (κ3) is 2.66. The van der Waals surface area contributed by atoms with Crippen LogP contribution in [0.5, 0.6) is 0 Å². The molecule has 0 aliphatic heterocycles. The topological polar surface area (TPSA) is 49.3 Å². The number of benzene rings is 1. The zero-order valence-electron chi connectivity index (χ0n) is 11.1. The standard InChI is InChI=1S/C16H21NO2/c18-14-10-12-7-3-4-8-13(12)16(14)17-15(19)9-11-5-1-2-6-11/h3-4,7-8,11,14,16,18H,1-2,5-6,9-10H2,(H,17,19). The highest BCUT2D eigenvalue weighted by molar-refractivity contribution is 5.77. The maximum atomic E-state index is 12.1. The number of carbonyl (C=O) groups excluding carboxylic acids is 1. The van der Waals surface area contributed by atoms with Crippen LogP contribution in [0.1, 0.15) is 49.3 Å². The minimum atomic E-state index is -0.482. The van der Waals surface area contributed by atoms with Crippen molar-refractivity contribution in [2.24, 2.45) is 5.92 Å². The molecule has 2 N–H and O–H groups in total. The largest absolute Gasteiger partial charge is 0.390 e. The van der Waals surface area contributed by atoms with Crippen LogP contribution in [-0.2, 0) is 11.2 Å². The maximum Gasteiger partial charge on any atom is 0.220 e. The molecular weight excluding hydrogens is 238 g/mol. The van der Waals surface area contributed by atoms with E-state index < -0.39 is 6.10 Å². The second kappa shape index (κ2) is 5.33. The number of aliphatic hydroxyl groups is 1. The molecule has 0 aromatic heterocycles. The van der Waals surface area contributed by atoms with Crippen molar-refractivity contribution in [1.82, 2.24) is 5.32 Å². The molecule has 1 aromatic rings. The quantitative estimate of drug-likeness (QED) is 0.875. The lowest BCUT2D eigenvalue weighted by Crippen LogP contribution is -2.34. The molecule has 1 saturated carbocycles. The van der Waals surface area contributed by atoms with Crippen LogP contribution in [0.15, 0.2) is 24.3 Å². The van der Waals surface area contributed by atoms with E-state index in [0.717, 1.165) is 11.1 Å². The van der Waals surface area contributed by atoms with Crippen molar-refractivity contribution in [3.05, 3.63) is 35.4 Å². The molecule has 1 fully saturated rings. The Hall–Kier alpha value is -1.35. The Morgan fingerprint density at radius 3 is 2.79 bits per heavy atom. The molecule has 102 valence electrons. The third-order valence-corrected chi connectivity index (χ3v) is 4.47. The molecule has 0 saturated heterocycles. The number of amides is 1. The van der Waals surface area contributed by atoms with Gasteiger partial charge in [-0.25, -0.2) is 0 Å². The van der Waals surface area contributed by atoms with Crippen molar-refractivity contribution < 1.29 is 9.90 Å². The van der Waals surface area contributed by atoms with Gasteiger partial charge in [0, 0.05) is 12.8 Å². The van der Waals surface area contributed by atoms with Gasteiger partial charge in [0.25, 0.3) is 0 Å². The molecule has 2 atom stereocenters. The second-order valence-electron chi connectivity index (χ2n) is 5.87. The lowest BCUT2D eigenvalue weighted by atomic mass is 10.0. The fourth-order valence-electron chi connectivity index (χ4n) is 3.46. The number of fused-ring (bicyclic) bond motifs is 1. The fraction of sp³-hybridized carbons (Fsp3) is 0.562. The van der Waals surface area contributed by atoms with E-state index in [9.17, 15) is 9.90 Å². The van der Waals surface area contributed by atoms with E-state index in [4.69, 9.17) is 0 Å². The van der Waals surface area contributed by atoms with Gasteiger partial charge in [-0.1, -0.05) is 37.1 Å². The van der Waals surface area contributed by atoms with E-state index >= 15 is 0 Å². The summed E-state index contributed by atoms with van der Waals surface area (Å²) in [6, 6.07) is 7.76. The van der Waals surface area contributed by atoms with Crippen molar-refractivity contribution in [3.8, 4) is 0 Å². The first-order valence-corrected chi connectivity index (χ1v) is 7.29. The highest BCUT2D eigenvalue weighted by atomic mass is 16.3. The van der Waals surface area contributed by atoms with Crippen molar-refractivity contribution in [2.45, 2.75) is 50.7 Å². The molecule has 2 aliphatic rings. The Morgan fingerprint density at radius 1 is 1.26 bits per heavy atom. The number of carbonyl (C=O) groups is 1. The first-order valence-electron chi connectivity index (χ1n) is 7.29. The number of nitrogens with one attached hydrogen (secondary N) is 1. The van der Waals surface area contributed by atoms with Gasteiger partial charge >= 0.3 is 0 Å². The summed E-state index contributed by atoms with van der Waals surface area (Å²) in [4.78, 5) is 12.1. The summed E-state index contributed by atoms with van der Waals surface area (Å²) in [5.41, 5.74) is 2.23. The van der Waals surface area contributed by atoms with Crippen LogP contribution >= 0.6 is 0 Å². The number of hydrogen-bond donors (Lipinski definition) is 2. The van der Waals surface area contributed by atoms with Crippen molar-refractivity contribution >= 4 is 5.91 Å². The van der Waals surface area contributed by atoms with Crippen LogP contribution in [-0.4, -0.2) is 17.1 Å². The summed E-state index contributed by atoms with van der Waals surface area (Å²) in [5.74, 6) is 0.640. The zero-order valence-corrected chi connectivity index (χ0v) is 11.1. The lowest BCUT2D eigenvalue weighted by molar-refractivity contribution is -0.123. The van der Waals surface area contributed by atoms with Gasteiger partial charge in [0.15, 0.2) is 0 Å². The molecule has 0 radical (unpaired) electrons. The molecule has 3 nitrogen and oxygen atoms in total.